The number of hydrazone groups is 1. The molecule has 1 aliphatic rings. The van der Waals surface area contributed by atoms with Crippen LogP contribution < -0.4 is 10.2 Å². The lowest BCUT2D eigenvalue weighted by atomic mass is 10.1. The number of carbonyl (C=O) groups excluding carboxylic acids is 1. The van der Waals surface area contributed by atoms with Gasteiger partial charge in [0, 0.05) is 50.4 Å². The quantitative estimate of drug-likeness (QED) is 0.227. The number of piperazine rings is 1. The monoisotopic (exact) mass is 518 g/mol. The highest BCUT2D eigenvalue weighted by Gasteiger charge is 2.17. The van der Waals surface area contributed by atoms with Gasteiger partial charge in [-0.3, -0.25) is 14.6 Å². The molecule has 1 saturated heterocycles. The van der Waals surface area contributed by atoms with Crippen molar-refractivity contribution in [2.45, 2.75) is 19.7 Å². The standard InChI is InChI=1S/C33H34N4O2/c38-33(35-34-23-31-13-7-8-14-32(31)39-26-29-11-5-2-6-12-29)30-17-15-28(16-18-30)25-37-21-19-36(20-22-37)24-27-9-3-1-4-10-27/h1-18,23H,19-22,24-26H2,(H,35,38)/b34-23-. The molecule has 0 radical (unpaired) electrons. The summed E-state index contributed by atoms with van der Waals surface area (Å²) >= 11 is 0. The zero-order chi connectivity index (χ0) is 26.7. The van der Waals surface area contributed by atoms with Crippen molar-refractivity contribution in [2.75, 3.05) is 26.2 Å². The lowest BCUT2D eigenvalue weighted by Gasteiger charge is -2.34. The SMILES string of the molecule is O=C(N/N=C\c1ccccc1OCc1ccccc1)c1ccc(CN2CCN(Cc3ccccc3)CC2)cc1. The molecule has 4 aromatic rings. The van der Waals surface area contributed by atoms with Gasteiger partial charge in [0.05, 0.1) is 6.21 Å². The van der Waals surface area contributed by atoms with Gasteiger partial charge in [-0.25, -0.2) is 5.43 Å². The number of amides is 1. The van der Waals surface area contributed by atoms with E-state index in [0.717, 1.165) is 50.4 Å². The van der Waals surface area contributed by atoms with Gasteiger partial charge >= 0.3 is 0 Å². The summed E-state index contributed by atoms with van der Waals surface area (Å²) in [6.07, 6.45) is 1.62. The van der Waals surface area contributed by atoms with Crippen LogP contribution >= 0.6 is 0 Å². The molecule has 0 unspecified atom stereocenters. The molecule has 0 atom stereocenters. The summed E-state index contributed by atoms with van der Waals surface area (Å²) in [4.78, 5) is 17.6. The molecule has 1 amide bonds. The molecule has 4 aromatic carbocycles. The van der Waals surface area contributed by atoms with Crippen LogP contribution in [0.2, 0.25) is 0 Å². The van der Waals surface area contributed by atoms with Gasteiger partial charge in [-0.05, 0) is 41.0 Å². The fraction of sp³-hybridized carbons (Fsp3) is 0.212. The van der Waals surface area contributed by atoms with Crippen LogP contribution in [0.1, 0.15) is 32.6 Å². The number of rotatable bonds is 10. The summed E-state index contributed by atoms with van der Waals surface area (Å²) in [7, 11) is 0. The molecule has 1 fully saturated rings. The molecule has 6 heteroatoms. The molecule has 39 heavy (non-hydrogen) atoms. The molecular formula is C33H34N4O2. The van der Waals surface area contributed by atoms with E-state index in [9.17, 15) is 4.79 Å². The largest absolute Gasteiger partial charge is 0.488 e. The molecular weight excluding hydrogens is 484 g/mol. The Labute approximate surface area is 230 Å². The van der Waals surface area contributed by atoms with Gasteiger partial charge in [0.25, 0.3) is 5.91 Å². The maximum atomic E-state index is 12.6. The Kier molecular flexibility index (Phi) is 9.13. The van der Waals surface area contributed by atoms with Crippen molar-refractivity contribution >= 4 is 12.1 Å². The first-order chi connectivity index (χ1) is 19.2. The minimum atomic E-state index is -0.241. The molecule has 6 nitrogen and oxygen atoms in total. The lowest BCUT2D eigenvalue weighted by Crippen LogP contribution is -2.45. The van der Waals surface area contributed by atoms with Crippen LogP contribution in [0.4, 0.5) is 0 Å². The zero-order valence-corrected chi connectivity index (χ0v) is 22.1. The average Bonchev–Trinajstić information content (AvgIpc) is 2.99. The molecule has 198 valence electrons. The Bertz CT molecular complexity index is 1350. The number of hydrogen-bond acceptors (Lipinski definition) is 5. The van der Waals surface area contributed by atoms with Gasteiger partial charge in [0.2, 0.25) is 0 Å². The predicted molar refractivity (Wildman–Crippen MR) is 156 cm³/mol. The van der Waals surface area contributed by atoms with Crippen molar-refractivity contribution in [1.82, 2.24) is 15.2 Å². The summed E-state index contributed by atoms with van der Waals surface area (Å²) in [5.41, 5.74) is 7.67. The number of benzene rings is 4. The second kappa shape index (κ2) is 13.5. The second-order valence-electron chi connectivity index (χ2n) is 9.75. The summed E-state index contributed by atoms with van der Waals surface area (Å²) in [5, 5.41) is 4.17. The third-order valence-corrected chi connectivity index (χ3v) is 6.86. The smallest absolute Gasteiger partial charge is 0.271 e. The summed E-state index contributed by atoms with van der Waals surface area (Å²) in [6.45, 7) is 6.57. The molecule has 1 N–H and O–H groups in total. The first kappa shape index (κ1) is 26.4. The summed E-state index contributed by atoms with van der Waals surface area (Å²) < 4.78 is 5.96. The number of hydrogen-bond donors (Lipinski definition) is 1. The van der Waals surface area contributed by atoms with Gasteiger partial charge in [0.1, 0.15) is 12.4 Å². The number of ether oxygens (including phenoxy) is 1. The van der Waals surface area contributed by atoms with Crippen LogP contribution in [-0.2, 0) is 19.7 Å². The molecule has 0 aromatic heterocycles. The van der Waals surface area contributed by atoms with Crippen molar-refractivity contribution in [3.8, 4) is 5.75 Å². The lowest BCUT2D eigenvalue weighted by molar-refractivity contribution is 0.0955. The fourth-order valence-corrected chi connectivity index (χ4v) is 4.65. The third-order valence-electron chi connectivity index (χ3n) is 6.86. The molecule has 0 spiro atoms. The number of carbonyl (C=O) groups is 1. The van der Waals surface area contributed by atoms with Crippen LogP contribution in [0.15, 0.2) is 114 Å². The number of para-hydroxylation sites is 1. The Hall–Kier alpha value is -4.26. The van der Waals surface area contributed by atoms with E-state index in [2.05, 4.69) is 50.7 Å². The topological polar surface area (TPSA) is 57.2 Å². The number of nitrogens with zero attached hydrogens (tertiary/aromatic N) is 3. The first-order valence-corrected chi connectivity index (χ1v) is 13.4. The van der Waals surface area contributed by atoms with E-state index in [1.54, 1.807) is 6.21 Å². The molecule has 1 heterocycles. The highest BCUT2D eigenvalue weighted by atomic mass is 16.5. The first-order valence-electron chi connectivity index (χ1n) is 13.4. The highest BCUT2D eigenvalue weighted by molar-refractivity contribution is 5.95. The fourth-order valence-electron chi connectivity index (χ4n) is 4.65. The molecule has 1 aliphatic heterocycles. The Morgan fingerprint density at radius 2 is 1.23 bits per heavy atom. The van der Waals surface area contributed by atoms with Crippen LogP contribution in [0, 0.1) is 0 Å². The normalized spacial score (nSPS) is 14.4. The van der Waals surface area contributed by atoms with Gasteiger partial charge in [-0.2, -0.15) is 5.10 Å². The Morgan fingerprint density at radius 3 is 1.87 bits per heavy atom. The van der Waals surface area contributed by atoms with E-state index in [1.165, 1.54) is 11.1 Å². The van der Waals surface area contributed by atoms with Gasteiger partial charge in [-0.15, -0.1) is 0 Å². The highest BCUT2D eigenvalue weighted by Crippen LogP contribution is 2.18. The van der Waals surface area contributed by atoms with E-state index in [-0.39, 0.29) is 5.91 Å². The maximum Gasteiger partial charge on any atom is 0.271 e. The van der Waals surface area contributed by atoms with E-state index < -0.39 is 0 Å². The van der Waals surface area contributed by atoms with Crippen LogP contribution in [0.3, 0.4) is 0 Å². The van der Waals surface area contributed by atoms with Gasteiger partial charge in [0.15, 0.2) is 0 Å². The predicted octanol–water partition coefficient (Wildman–Crippen LogP) is 5.35. The minimum absolute atomic E-state index is 0.241. The van der Waals surface area contributed by atoms with Crippen molar-refractivity contribution in [3.05, 3.63) is 137 Å². The molecule has 0 saturated carbocycles. The van der Waals surface area contributed by atoms with Gasteiger partial charge < -0.3 is 4.74 Å². The van der Waals surface area contributed by atoms with E-state index in [1.807, 2.05) is 78.9 Å². The second-order valence-corrected chi connectivity index (χ2v) is 9.75. The van der Waals surface area contributed by atoms with Crippen molar-refractivity contribution in [2.24, 2.45) is 5.10 Å². The van der Waals surface area contributed by atoms with E-state index in [0.29, 0.717) is 17.9 Å². The maximum absolute atomic E-state index is 12.6. The minimum Gasteiger partial charge on any atom is -0.488 e. The van der Waals surface area contributed by atoms with Gasteiger partial charge in [-0.1, -0.05) is 84.9 Å². The number of nitrogens with one attached hydrogen (secondary N) is 1. The molecule has 0 aliphatic carbocycles. The van der Waals surface area contributed by atoms with Crippen LogP contribution in [-0.4, -0.2) is 48.1 Å². The third kappa shape index (κ3) is 7.87. The van der Waals surface area contributed by atoms with Crippen molar-refractivity contribution in [3.63, 3.8) is 0 Å². The summed E-state index contributed by atoms with van der Waals surface area (Å²) in [5.74, 6) is 0.472. The van der Waals surface area contributed by atoms with Crippen molar-refractivity contribution < 1.29 is 9.53 Å². The average molecular weight is 519 g/mol. The van der Waals surface area contributed by atoms with Crippen LogP contribution in [0.25, 0.3) is 0 Å². The van der Waals surface area contributed by atoms with E-state index in [4.69, 9.17) is 4.74 Å². The van der Waals surface area contributed by atoms with Crippen molar-refractivity contribution in [1.29, 1.82) is 0 Å². The molecule has 5 rings (SSSR count). The Morgan fingerprint density at radius 1 is 0.692 bits per heavy atom. The summed E-state index contributed by atoms with van der Waals surface area (Å²) in [6, 6.07) is 36.1. The molecule has 0 bridgehead atoms. The van der Waals surface area contributed by atoms with Crippen LogP contribution in [0.5, 0.6) is 5.75 Å². The Balaban J connectivity index is 1.08. The van der Waals surface area contributed by atoms with E-state index >= 15 is 0 Å². The zero-order valence-electron chi connectivity index (χ0n) is 22.1.